The first-order valence-electron chi connectivity index (χ1n) is 10.1. The van der Waals surface area contributed by atoms with Crippen LogP contribution in [0.15, 0.2) is 22.7 Å². The number of piperidine rings is 1. The lowest BCUT2D eigenvalue weighted by molar-refractivity contribution is -0.132. The minimum absolute atomic E-state index is 0.0525. The SMILES string of the molecule is CC(C)(C)c1ccc(OCCCC(=O)N2CCC(NC(=O)CC#N)CC2)c(Br)c1. The molecule has 0 unspecified atom stereocenters. The molecule has 1 aromatic carbocycles. The number of benzene rings is 1. The summed E-state index contributed by atoms with van der Waals surface area (Å²) in [6.45, 7) is 8.27. The molecule has 1 aliphatic heterocycles. The first kappa shape index (κ1) is 23.2. The highest BCUT2D eigenvalue weighted by Crippen LogP contribution is 2.31. The molecule has 0 saturated carbocycles. The largest absolute Gasteiger partial charge is 0.492 e. The van der Waals surface area contributed by atoms with Gasteiger partial charge < -0.3 is 15.0 Å². The zero-order chi connectivity index (χ0) is 21.4. The number of hydrogen-bond acceptors (Lipinski definition) is 4. The first-order valence-corrected chi connectivity index (χ1v) is 10.9. The number of likely N-dealkylation sites (tertiary alicyclic amines) is 1. The van der Waals surface area contributed by atoms with Gasteiger partial charge in [0.2, 0.25) is 11.8 Å². The van der Waals surface area contributed by atoms with Gasteiger partial charge in [0.25, 0.3) is 0 Å². The second-order valence-electron chi connectivity index (χ2n) is 8.40. The molecule has 29 heavy (non-hydrogen) atoms. The Kier molecular flexibility index (Phi) is 8.51. The van der Waals surface area contributed by atoms with Gasteiger partial charge in [0, 0.05) is 25.6 Å². The van der Waals surface area contributed by atoms with Crippen LogP contribution in [0, 0.1) is 11.3 Å². The Labute approximate surface area is 181 Å². The second kappa shape index (κ2) is 10.6. The molecule has 1 saturated heterocycles. The molecule has 0 aromatic heterocycles. The molecule has 2 rings (SSSR count). The van der Waals surface area contributed by atoms with Crippen molar-refractivity contribution in [1.29, 1.82) is 5.26 Å². The van der Waals surface area contributed by atoms with Crippen molar-refractivity contribution >= 4 is 27.7 Å². The quantitative estimate of drug-likeness (QED) is 0.620. The van der Waals surface area contributed by atoms with Crippen molar-refractivity contribution in [1.82, 2.24) is 10.2 Å². The Morgan fingerprint density at radius 1 is 1.31 bits per heavy atom. The predicted molar refractivity (Wildman–Crippen MR) is 116 cm³/mol. The zero-order valence-electron chi connectivity index (χ0n) is 17.5. The maximum atomic E-state index is 12.4. The Morgan fingerprint density at radius 3 is 2.59 bits per heavy atom. The van der Waals surface area contributed by atoms with Gasteiger partial charge in [-0.1, -0.05) is 26.8 Å². The zero-order valence-corrected chi connectivity index (χ0v) is 19.0. The number of hydrogen-bond donors (Lipinski definition) is 1. The van der Waals surface area contributed by atoms with E-state index in [2.05, 4.69) is 54.2 Å². The lowest BCUT2D eigenvalue weighted by atomic mass is 9.87. The fourth-order valence-electron chi connectivity index (χ4n) is 3.27. The van der Waals surface area contributed by atoms with E-state index in [9.17, 15) is 9.59 Å². The normalized spacial score (nSPS) is 14.9. The maximum absolute atomic E-state index is 12.4. The van der Waals surface area contributed by atoms with Gasteiger partial charge in [-0.05, 0) is 58.3 Å². The van der Waals surface area contributed by atoms with Crippen molar-refractivity contribution in [3.05, 3.63) is 28.2 Å². The van der Waals surface area contributed by atoms with Crippen molar-refractivity contribution in [3.63, 3.8) is 0 Å². The highest BCUT2D eigenvalue weighted by atomic mass is 79.9. The molecule has 1 aliphatic rings. The van der Waals surface area contributed by atoms with Gasteiger partial charge in [-0.2, -0.15) is 5.26 Å². The molecular formula is C22H30BrN3O3. The number of nitriles is 1. The van der Waals surface area contributed by atoms with E-state index in [4.69, 9.17) is 10.00 Å². The third-order valence-electron chi connectivity index (χ3n) is 5.04. The predicted octanol–water partition coefficient (Wildman–Crippen LogP) is 3.93. The molecule has 0 spiro atoms. The third-order valence-corrected chi connectivity index (χ3v) is 5.66. The number of rotatable bonds is 7. The van der Waals surface area contributed by atoms with Crippen molar-refractivity contribution in [2.45, 2.75) is 64.3 Å². The van der Waals surface area contributed by atoms with E-state index in [1.807, 2.05) is 17.0 Å². The highest BCUT2D eigenvalue weighted by Gasteiger charge is 2.23. The van der Waals surface area contributed by atoms with Gasteiger partial charge in [0.1, 0.15) is 12.2 Å². The number of carbonyl (C=O) groups is 2. The van der Waals surface area contributed by atoms with Gasteiger partial charge in [0.05, 0.1) is 17.1 Å². The molecule has 1 aromatic rings. The second-order valence-corrected chi connectivity index (χ2v) is 9.26. The Bertz CT molecular complexity index is 760. The Hall–Kier alpha value is -2.07. The number of nitrogens with zero attached hydrogens (tertiary/aromatic N) is 2. The molecule has 2 amide bonds. The van der Waals surface area contributed by atoms with Crippen LogP contribution in [0.5, 0.6) is 5.75 Å². The standard InChI is InChI=1S/C22H30BrN3O3/c1-22(2,3)16-6-7-19(18(23)15-16)29-14-4-5-21(28)26-12-9-17(10-13-26)25-20(27)8-11-24/h6-7,15,17H,4-5,8-10,12-14H2,1-3H3,(H,25,27). The minimum Gasteiger partial charge on any atom is -0.492 e. The average molecular weight is 464 g/mol. The summed E-state index contributed by atoms with van der Waals surface area (Å²) in [6.07, 6.45) is 2.45. The molecule has 0 bridgehead atoms. The van der Waals surface area contributed by atoms with Crippen LogP contribution in [-0.2, 0) is 15.0 Å². The third kappa shape index (κ3) is 7.36. The highest BCUT2D eigenvalue weighted by molar-refractivity contribution is 9.10. The lowest BCUT2D eigenvalue weighted by Gasteiger charge is -2.32. The maximum Gasteiger partial charge on any atom is 0.234 e. The monoisotopic (exact) mass is 463 g/mol. The van der Waals surface area contributed by atoms with Gasteiger partial charge in [0.15, 0.2) is 0 Å². The van der Waals surface area contributed by atoms with E-state index < -0.39 is 0 Å². The molecule has 1 heterocycles. The van der Waals surface area contributed by atoms with E-state index in [0.717, 1.165) is 23.1 Å². The van der Waals surface area contributed by atoms with Crippen molar-refractivity contribution in [2.75, 3.05) is 19.7 Å². The average Bonchev–Trinajstić information content (AvgIpc) is 2.66. The van der Waals surface area contributed by atoms with Crippen LogP contribution in [0.25, 0.3) is 0 Å². The fraction of sp³-hybridized carbons (Fsp3) is 0.591. The lowest BCUT2D eigenvalue weighted by Crippen LogP contribution is -2.46. The van der Waals surface area contributed by atoms with Gasteiger partial charge in [-0.15, -0.1) is 0 Å². The summed E-state index contributed by atoms with van der Waals surface area (Å²) in [5, 5.41) is 11.4. The molecule has 158 valence electrons. The van der Waals surface area contributed by atoms with Crippen molar-refractivity contribution in [3.8, 4) is 11.8 Å². The molecule has 1 N–H and O–H groups in total. The van der Waals surface area contributed by atoms with Gasteiger partial charge in [-0.3, -0.25) is 9.59 Å². The molecule has 7 heteroatoms. The van der Waals surface area contributed by atoms with Crippen LogP contribution in [0.4, 0.5) is 0 Å². The van der Waals surface area contributed by atoms with E-state index in [0.29, 0.717) is 32.5 Å². The summed E-state index contributed by atoms with van der Waals surface area (Å²) in [4.78, 5) is 25.7. The van der Waals surface area contributed by atoms with Gasteiger partial charge in [-0.25, -0.2) is 0 Å². The molecular weight excluding hydrogens is 434 g/mol. The Morgan fingerprint density at radius 2 is 2.00 bits per heavy atom. The minimum atomic E-state index is -0.240. The van der Waals surface area contributed by atoms with Crippen LogP contribution in [-0.4, -0.2) is 42.5 Å². The number of halogens is 1. The van der Waals surface area contributed by atoms with Crippen molar-refractivity contribution in [2.24, 2.45) is 0 Å². The van der Waals surface area contributed by atoms with Gasteiger partial charge >= 0.3 is 0 Å². The summed E-state index contributed by atoms with van der Waals surface area (Å²) in [5.41, 5.74) is 1.32. The number of amides is 2. The number of nitrogens with one attached hydrogen (secondary N) is 1. The van der Waals surface area contributed by atoms with Crippen LogP contribution >= 0.6 is 15.9 Å². The van der Waals surface area contributed by atoms with Crippen LogP contribution in [0.2, 0.25) is 0 Å². The summed E-state index contributed by atoms with van der Waals surface area (Å²) < 4.78 is 6.76. The molecule has 0 aliphatic carbocycles. The summed E-state index contributed by atoms with van der Waals surface area (Å²) in [5.74, 6) is 0.674. The molecule has 6 nitrogen and oxygen atoms in total. The molecule has 1 fully saturated rings. The van der Waals surface area contributed by atoms with E-state index in [1.165, 1.54) is 5.56 Å². The van der Waals surface area contributed by atoms with E-state index >= 15 is 0 Å². The first-order chi connectivity index (χ1) is 13.7. The Balaban J connectivity index is 1.69. The van der Waals surface area contributed by atoms with E-state index in [1.54, 1.807) is 0 Å². The summed E-state index contributed by atoms with van der Waals surface area (Å²) in [6, 6.07) is 8.03. The van der Waals surface area contributed by atoms with Crippen LogP contribution in [0.3, 0.4) is 0 Å². The van der Waals surface area contributed by atoms with Crippen LogP contribution < -0.4 is 10.1 Å². The number of carbonyl (C=O) groups excluding carboxylic acids is 2. The fourth-order valence-corrected chi connectivity index (χ4v) is 3.77. The summed E-state index contributed by atoms with van der Waals surface area (Å²) >= 11 is 3.57. The van der Waals surface area contributed by atoms with E-state index in [-0.39, 0.29) is 29.7 Å². The van der Waals surface area contributed by atoms with Crippen molar-refractivity contribution < 1.29 is 14.3 Å². The summed E-state index contributed by atoms with van der Waals surface area (Å²) in [7, 11) is 0. The smallest absolute Gasteiger partial charge is 0.234 e. The molecule has 0 atom stereocenters. The molecule has 0 radical (unpaired) electrons. The number of ether oxygens (including phenoxy) is 1. The van der Waals surface area contributed by atoms with Crippen LogP contribution in [0.1, 0.15) is 58.4 Å². The topological polar surface area (TPSA) is 82.4 Å².